The largest absolute Gasteiger partial charge is 0.456 e. The lowest BCUT2D eigenvalue weighted by molar-refractivity contribution is 0.628. The molecule has 0 aliphatic rings. The number of hydrogen-bond acceptors (Lipinski definition) is 4. The molecule has 0 spiro atoms. The minimum absolute atomic E-state index is 0.310. The standard InChI is InChI=1S/C45H27FN4O/c46-32-17-11-16-30(24-32)35-25-31(45-48-43(28-12-3-1-4-13-28)47-44(49-45)29-14-5-2-6-15-29)22-23-39(35)50-38-20-9-7-18-33(38)36-27-42-37(26-40(36)50)34-19-8-10-21-41(34)51-42/h1-27H. The molecule has 0 aliphatic heterocycles. The average Bonchev–Trinajstić information content (AvgIpc) is 3.72. The van der Waals surface area contributed by atoms with Gasteiger partial charge in [-0.15, -0.1) is 0 Å². The van der Waals surface area contributed by atoms with E-state index < -0.39 is 0 Å². The smallest absolute Gasteiger partial charge is 0.164 e. The van der Waals surface area contributed by atoms with E-state index in [2.05, 4.69) is 59.2 Å². The fraction of sp³-hybridized carbons (Fsp3) is 0. The van der Waals surface area contributed by atoms with Crippen LogP contribution in [0.1, 0.15) is 0 Å². The molecular weight excluding hydrogens is 632 g/mol. The predicted molar refractivity (Wildman–Crippen MR) is 203 cm³/mol. The summed E-state index contributed by atoms with van der Waals surface area (Å²) in [5.74, 6) is 1.38. The monoisotopic (exact) mass is 658 g/mol. The third kappa shape index (κ3) is 4.88. The Morgan fingerprint density at radius 2 is 1.04 bits per heavy atom. The van der Waals surface area contributed by atoms with E-state index in [1.165, 1.54) is 6.07 Å². The second-order valence-electron chi connectivity index (χ2n) is 12.6. The summed E-state index contributed by atoms with van der Waals surface area (Å²) in [5, 5.41) is 4.27. The van der Waals surface area contributed by atoms with Crippen molar-refractivity contribution in [3.05, 3.63) is 170 Å². The van der Waals surface area contributed by atoms with E-state index in [1.807, 2.05) is 91.0 Å². The summed E-state index contributed by atoms with van der Waals surface area (Å²) in [6.07, 6.45) is 0. The van der Waals surface area contributed by atoms with Gasteiger partial charge in [-0.25, -0.2) is 19.3 Å². The molecule has 3 heterocycles. The van der Waals surface area contributed by atoms with Gasteiger partial charge in [-0.2, -0.15) is 0 Å². The molecule has 3 aromatic heterocycles. The highest BCUT2D eigenvalue weighted by Gasteiger charge is 2.20. The summed E-state index contributed by atoms with van der Waals surface area (Å²) in [4.78, 5) is 14.9. The van der Waals surface area contributed by atoms with Crippen molar-refractivity contribution in [1.29, 1.82) is 0 Å². The molecule has 0 unspecified atom stereocenters. The molecule has 10 rings (SSSR count). The Hall–Kier alpha value is -6.92. The van der Waals surface area contributed by atoms with Crippen molar-refractivity contribution < 1.29 is 8.81 Å². The van der Waals surface area contributed by atoms with Gasteiger partial charge in [0, 0.05) is 43.8 Å². The van der Waals surface area contributed by atoms with E-state index in [4.69, 9.17) is 19.4 Å². The minimum atomic E-state index is -0.310. The van der Waals surface area contributed by atoms with E-state index in [9.17, 15) is 4.39 Å². The molecule has 0 saturated carbocycles. The van der Waals surface area contributed by atoms with Gasteiger partial charge in [-0.3, -0.25) is 0 Å². The van der Waals surface area contributed by atoms with Crippen LogP contribution in [0, 0.1) is 5.82 Å². The lowest BCUT2D eigenvalue weighted by Crippen LogP contribution is -2.02. The van der Waals surface area contributed by atoms with Crippen LogP contribution < -0.4 is 0 Å². The SMILES string of the molecule is Fc1cccc(-c2cc(-c3nc(-c4ccccc4)nc(-c4ccccc4)n3)ccc2-n2c3ccccc3c3cc4oc5ccccc5c4cc32)c1. The third-order valence-electron chi connectivity index (χ3n) is 9.50. The second kappa shape index (κ2) is 11.6. The zero-order valence-corrected chi connectivity index (χ0v) is 27.2. The van der Waals surface area contributed by atoms with Crippen LogP contribution in [0.4, 0.5) is 4.39 Å². The van der Waals surface area contributed by atoms with E-state index >= 15 is 0 Å². The van der Waals surface area contributed by atoms with Crippen LogP contribution in [-0.2, 0) is 0 Å². The fourth-order valence-electron chi connectivity index (χ4n) is 7.14. The van der Waals surface area contributed by atoms with Crippen LogP contribution in [-0.4, -0.2) is 19.5 Å². The van der Waals surface area contributed by atoms with Crippen LogP contribution in [0.15, 0.2) is 168 Å². The summed E-state index contributed by atoms with van der Waals surface area (Å²) in [5.41, 5.74) is 8.82. The Balaban J connectivity index is 1.25. The van der Waals surface area contributed by atoms with Crippen molar-refractivity contribution in [2.24, 2.45) is 0 Å². The Morgan fingerprint density at radius 1 is 0.412 bits per heavy atom. The third-order valence-corrected chi connectivity index (χ3v) is 9.50. The lowest BCUT2D eigenvalue weighted by Gasteiger charge is -2.16. The van der Waals surface area contributed by atoms with Gasteiger partial charge in [-0.1, -0.05) is 109 Å². The first-order chi connectivity index (χ1) is 25.2. The van der Waals surface area contributed by atoms with Gasteiger partial charge in [0.25, 0.3) is 0 Å². The number of benzene rings is 7. The van der Waals surface area contributed by atoms with Gasteiger partial charge in [0.1, 0.15) is 17.0 Å². The summed E-state index contributed by atoms with van der Waals surface area (Å²) >= 11 is 0. The van der Waals surface area contributed by atoms with Crippen molar-refractivity contribution >= 4 is 43.7 Å². The number of fused-ring (bicyclic) bond motifs is 6. The fourth-order valence-corrected chi connectivity index (χ4v) is 7.14. The number of nitrogens with zero attached hydrogens (tertiary/aromatic N) is 4. The molecule has 7 aromatic carbocycles. The first-order valence-corrected chi connectivity index (χ1v) is 16.8. The number of halogens is 1. The van der Waals surface area contributed by atoms with Gasteiger partial charge < -0.3 is 8.98 Å². The normalized spacial score (nSPS) is 11.6. The summed E-state index contributed by atoms with van der Waals surface area (Å²) < 4.78 is 23.6. The Labute approximate surface area is 291 Å². The molecule has 240 valence electrons. The summed E-state index contributed by atoms with van der Waals surface area (Å²) in [7, 11) is 0. The molecule has 0 saturated heterocycles. The van der Waals surface area contributed by atoms with Crippen molar-refractivity contribution in [2.45, 2.75) is 0 Å². The highest BCUT2D eigenvalue weighted by atomic mass is 19.1. The summed E-state index contributed by atoms with van der Waals surface area (Å²) in [6.45, 7) is 0. The van der Waals surface area contributed by atoms with Gasteiger partial charge in [0.15, 0.2) is 17.5 Å². The zero-order valence-electron chi connectivity index (χ0n) is 27.2. The number of rotatable bonds is 5. The van der Waals surface area contributed by atoms with Crippen molar-refractivity contribution in [3.63, 3.8) is 0 Å². The maximum absolute atomic E-state index is 15.0. The molecule has 0 N–H and O–H groups in total. The molecule has 6 heteroatoms. The van der Waals surface area contributed by atoms with E-state index in [-0.39, 0.29) is 5.82 Å². The quantitative estimate of drug-likeness (QED) is 0.185. The highest BCUT2D eigenvalue weighted by molar-refractivity contribution is 6.17. The molecule has 0 radical (unpaired) electrons. The van der Waals surface area contributed by atoms with Crippen LogP contribution in [0.5, 0.6) is 0 Å². The van der Waals surface area contributed by atoms with Crippen LogP contribution in [0.25, 0.3) is 94.7 Å². The van der Waals surface area contributed by atoms with Crippen LogP contribution in [0.2, 0.25) is 0 Å². The molecular formula is C45H27FN4O. The van der Waals surface area contributed by atoms with Crippen LogP contribution in [0.3, 0.4) is 0 Å². The lowest BCUT2D eigenvalue weighted by atomic mass is 9.99. The van der Waals surface area contributed by atoms with E-state index in [1.54, 1.807) is 12.1 Å². The summed E-state index contributed by atoms with van der Waals surface area (Å²) in [6, 6.07) is 53.6. The second-order valence-corrected chi connectivity index (χ2v) is 12.6. The van der Waals surface area contributed by atoms with E-state index in [0.717, 1.165) is 77.2 Å². The number of aromatic nitrogens is 4. The molecule has 10 aromatic rings. The maximum atomic E-state index is 15.0. The number of hydrogen-bond donors (Lipinski definition) is 0. The van der Waals surface area contributed by atoms with Gasteiger partial charge >= 0.3 is 0 Å². The van der Waals surface area contributed by atoms with Crippen molar-refractivity contribution in [2.75, 3.05) is 0 Å². The Kier molecular flexibility index (Phi) is 6.61. The molecule has 5 nitrogen and oxygen atoms in total. The zero-order chi connectivity index (χ0) is 33.9. The Bertz CT molecular complexity index is 2870. The number of furan rings is 1. The van der Waals surface area contributed by atoms with Crippen LogP contribution >= 0.6 is 0 Å². The van der Waals surface area contributed by atoms with Crippen molar-refractivity contribution in [1.82, 2.24) is 19.5 Å². The topological polar surface area (TPSA) is 56.7 Å². The minimum Gasteiger partial charge on any atom is -0.456 e. The molecule has 0 bridgehead atoms. The van der Waals surface area contributed by atoms with Gasteiger partial charge in [0.05, 0.1) is 16.7 Å². The Morgan fingerprint density at radius 3 is 1.76 bits per heavy atom. The molecule has 51 heavy (non-hydrogen) atoms. The van der Waals surface area contributed by atoms with E-state index in [0.29, 0.717) is 17.5 Å². The first-order valence-electron chi connectivity index (χ1n) is 16.8. The first kappa shape index (κ1) is 29.0. The molecule has 0 aliphatic carbocycles. The maximum Gasteiger partial charge on any atom is 0.164 e. The average molecular weight is 659 g/mol. The predicted octanol–water partition coefficient (Wildman–Crippen LogP) is 11.7. The van der Waals surface area contributed by atoms with Gasteiger partial charge in [0.2, 0.25) is 0 Å². The van der Waals surface area contributed by atoms with Crippen molar-refractivity contribution in [3.8, 4) is 51.0 Å². The molecule has 0 atom stereocenters. The van der Waals surface area contributed by atoms with Gasteiger partial charge in [-0.05, 0) is 60.2 Å². The molecule has 0 fully saturated rings. The molecule has 0 amide bonds. The highest BCUT2D eigenvalue weighted by Crippen LogP contribution is 2.41. The number of para-hydroxylation sites is 2.